The van der Waals surface area contributed by atoms with Gasteiger partial charge in [0, 0.05) is 12.1 Å². The van der Waals surface area contributed by atoms with E-state index in [2.05, 4.69) is 4.74 Å². The number of thiophene rings is 1. The van der Waals surface area contributed by atoms with Crippen LogP contribution >= 0.6 is 11.3 Å². The summed E-state index contributed by atoms with van der Waals surface area (Å²) in [6, 6.07) is 16.6. The highest BCUT2D eigenvalue weighted by atomic mass is 32.2. The van der Waals surface area contributed by atoms with Crippen LogP contribution in [0.5, 0.6) is 0 Å². The molecule has 0 atom stereocenters. The zero-order valence-corrected chi connectivity index (χ0v) is 19.3. The molecule has 0 bridgehead atoms. The number of primary amides is 1. The van der Waals surface area contributed by atoms with Gasteiger partial charge in [-0.3, -0.25) is 9.10 Å². The maximum Gasteiger partial charge on any atom is 0.348 e. The third-order valence-electron chi connectivity index (χ3n) is 4.83. The van der Waals surface area contributed by atoms with Crippen molar-refractivity contribution in [2.75, 3.05) is 24.1 Å². The van der Waals surface area contributed by atoms with E-state index in [1.807, 2.05) is 24.3 Å². The molecule has 0 fully saturated rings. The van der Waals surface area contributed by atoms with Gasteiger partial charge in [-0.2, -0.15) is 0 Å². The number of nitrogens with zero attached hydrogens (tertiary/aromatic N) is 1. The van der Waals surface area contributed by atoms with Crippen molar-refractivity contribution >= 4 is 38.9 Å². The maximum atomic E-state index is 12.8. The summed E-state index contributed by atoms with van der Waals surface area (Å²) in [7, 11) is -3.64. The molecular weight excluding hydrogens is 467 g/mol. The van der Waals surface area contributed by atoms with Crippen LogP contribution in [0.2, 0.25) is 0 Å². The first-order valence-electron chi connectivity index (χ1n) is 10.1. The Balaban J connectivity index is 0.000000235. The number of aryl methyl sites for hydroxylation is 1. The van der Waals surface area contributed by atoms with Crippen LogP contribution in [0, 0.1) is 0 Å². The number of amides is 1. The lowest BCUT2D eigenvalue weighted by Gasteiger charge is -2.30. The molecule has 0 unspecified atom stereocenters. The standard InChI is InChI=1S/C16H16N2O3S.C7H7FO2S/c17-16(19)13-7-9-14(10-8-13)22(20,21)18-11-3-5-12-4-1-2-6-15(12)18;8-3-4-10-7(9)6-2-1-5-11-6/h1-2,4,6-10H,3,5,11H2,(H2,17,19);1-2,5H,3-4H2. The number of carbonyl (C=O) groups excluding carboxylic acids is 2. The predicted octanol–water partition coefficient (Wildman–Crippen LogP) is 3.80. The smallest absolute Gasteiger partial charge is 0.348 e. The number of benzene rings is 2. The van der Waals surface area contributed by atoms with Gasteiger partial charge in [-0.15, -0.1) is 11.3 Å². The normalized spacial score (nSPS) is 12.8. The lowest BCUT2D eigenvalue weighted by Crippen LogP contribution is -2.35. The Kier molecular flexibility index (Phi) is 8.18. The molecule has 2 heterocycles. The number of esters is 1. The Bertz CT molecular complexity index is 1200. The molecule has 0 radical (unpaired) electrons. The third-order valence-corrected chi connectivity index (χ3v) is 7.50. The predicted molar refractivity (Wildman–Crippen MR) is 125 cm³/mol. The molecule has 0 saturated carbocycles. The molecular formula is C23H23FN2O5S2. The zero-order chi connectivity index (χ0) is 23.8. The van der Waals surface area contributed by atoms with Crippen LogP contribution in [0.15, 0.2) is 70.9 Å². The number of fused-ring (bicyclic) bond motifs is 1. The van der Waals surface area contributed by atoms with Crippen molar-refractivity contribution in [1.29, 1.82) is 0 Å². The highest BCUT2D eigenvalue weighted by Crippen LogP contribution is 2.31. The summed E-state index contributed by atoms with van der Waals surface area (Å²) in [5.41, 5.74) is 7.23. The molecule has 2 aromatic carbocycles. The summed E-state index contributed by atoms with van der Waals surface area (Å²) >= 11 is 1.28. The van der Waals surface area contributed by atoms with Crippen molar-refractivity contribution in [2.45, 2.75) is 17.7 Å². The minimum atomic E-state index is -3.64. The van der Waals surface area contributed by atoms with Gasteiger partial charge in [0.15, 0.2) is 0 Å². The van der Waals surface area contributed by atoms with Gasteiger partial charge in [0.1, 0.15) is 18.2 Å². The Hall–Kier alpha value is -3.24. The van der Waals surface area contributed by atoms with Crippen LogP contribution in [-0.4, -0.2) is 40.1 Å². The second-order valence-electron chi connectivity index (χ2n) is 7.00. The number of nitrogens with two attached hydrogens (primary N) is 1. The van der Waals surface area contributed by atoms with Crippen molar-refractivity contribution in [1.82, 2.24) is 0 Å². The van der Waals surface area contributed by atoms with E-state index in [1.165, 1.54) is 39.9 Å². The molecule has 0 aliphatic carbocycles. The molecule has 174 valence electrons. The fourth-order valence-electron chi connectivity index (χ4n) is 3.26. The van der Waals surface area contributed by atoms with E-state index in [0.29, 0.717) is 11.4 Å². The number of hydrogen-bond acceptors (Lipinski definition) is 6. The van der Waals surface area contributed by atoms with Crippen LogP contribution in [0.1, 0.15) is 32.0 Å². The van der Waals surface area contributed by atoms with Crippen molar-refractivity contribution in [3.63, 3.8) is 0 Å². The minimum Gasteiger partial charge on any atom is -0.459 e. The summed E-state index contributed by atoms with van der Waals surface area (Å²) in [6.45, 7) is -0.329. The van der Waals surface area contributed by atoms with Gasteiger partial charge >= 0.3 is 5.97 Å². The average molecular weight is 491 g/mol. The van der Waals surface area contributed by atoms with Crippen LogP contribution in [0.3, 0.4) is 0 Å². The molecule has 0 spiro atoms. The summed E-state index contributed by atoms with van der Waals surface area (Å²) in [6.07, 6.45) is 1.67. The molecule has 1 aromatic heterocycles. The number of rotatable bonds is 6. The van der Waals surface area contributed by atoms with Gasteiger partial charge in [-0.05, 0) is 60.2 Å². The van der Waals surface area contributed by atoms with E-state index in [1.54, 1.807) is 17.5 Å². The zero-order valence-electron chi connectivity index (χ0n) is 17.6. The molecule has 33 heavy (non-hydrogen) atoms. The maximum absolute atomic E-state index is 12.8. The van der Waals surface area contributed by atoms with Gasteiger partial charge in [-0.25, -0.2) is 17.6 Å². The Morgan fingerprint density at radius 1 is 1.06 bits per heavy atom. The number of alkyl halides is 1. The summed E-state index contributed by atoms with van der Waals surface area (Å²) < 4.78 is 43.2. The SMILES string of the molecule is NC(=O)c1ccc(S(=O)(=O)N2CCCc3ccccc32)cc1.O=C(OCCF)c1cccs1. The summed E-state index contributed by atoms with van der Waals surface area (Å²) in [5, 5.41) is 1.77. The van der Waals surface area contributed by atoms with E-state index in [-0.39, 0.29) is 17.1 Å². The molecule has 3 aromatic rings. The number of carbonyl (C=O) groups is 2. The largest absolute Gasteiger partial charge is 0.459 e. The Morgan fingerprint density at radius 3 is 2.42 bits per heavy atom. The van der Waals surface area contributed by atoms with Crippen LogP contribution < -0.4 is 10.0 Å². The first-order chi connectivity index (χ1) is 15.8. The Morgan fingerprint density at radius 2 is 1.79 bits per heavy atom. The second-order valence-corrected chi connectivity index (χ2v) is 9.81. The summed E-state index contributed by atoms with van der Waals surface area (Å²) in [5.74, 6) is -1.02. The fourth-order valence-corrected chi connectivity index (χ4v) is 5.42. The number of sulfonamides is 1. The number of para-hydroxylation sites is 1. The topological polar surface area (TPSA) is 107 Å². The second kappa shape index (κ2) is 11.1. The number of ether oxygens (including phenoxy) is 1. The first-order valence-corrected chi connectivity index (χ1v) is 12.4. The fraction of sp³-hybridized carbons (Fsp3) is 0.217. The van der Waals surface area contributed by atoms with Gasteiger partial charge in [-0.1, -0.05) is 24.3 Å². The number of anilines is 1. The third kappa shape index (κ3) is 5.96. The average Bonchev–Trinajstić information content (AvgIpc) is 3.38. The highest BCUT2D eigenvalue weighted by Gasteiger charge is 2.28. The van der Waals surface area contributed by atoms with Crippen LogP contribution in [-0.2, 0) is 21.2 Å². The van der Waals surface area contributed by atoms with Crippen molar-refractivity contribution in [3.05, 3.63) is 82.0 Å². The van der Waals surface area contributed by atoms with E-state index in [4.69, 9.17) is 5.73 Å². The van der Waals surface area contributed by atoms with E-state index in [0.717, 1.165) is 24.1 Å². The van der Waals surface area contributed by atoms with Crippen molar-refractivity contribution < 1.29 is 27.1 Å². The van der Waals surface area contributed by atoms with E-state index in [9.17, 15) is 22.4 Å². The highest BCUT2D eigenvalue weighted by molar-refractivity contribution is 7.92. The molecule has 1 aliphatic heterocycles. The molecule has 10 heteroatoms. The lowest BCUT2D eigenvalue weighted by atomic mass is 10.0. The molecule has 1 amide bonds. The van der Waals surface area contributed by atoms with Gasteiger partial charge in [0.05, 0.1) is 10.6 Å². The van der Waals surface area contributed by atoms with E-state index >= 15 is 0 Å². The van der Waals surface area contributed by atoms with Gasteiger partial charge in [0.25, 0.3) is 10.0 Å². The van der Waals surface area contributed by atoms with Crippen molar-refractivity contribution in [3.8, 4) is 0 Å². The molecule has 1 aliphatic rings. The van der Waals surface area contributed by atoms with Gasteiger partial charge in [0.2, 0.25) is 5.91 Å². The molecule has 4 rings (SSSR count). The van der Waals surface area contributed by atoms with Crippen molar-refractivity contribution in [2.24, 2.45) is 5.73 Å². The quantitative estimate of drug-likeness (QED) is 0.529. The molecule has 0 saturated heterocycles. The first kappa shape index (κ1) is 24.4. The van der Waals surface area contributed by atoms with E-state index < -0.39 is 28.6 Å². The molecule has 2 N–H and O–H groups in total. The van der Waals surface area contributed by atoms with Gasteiger partial charge < -0.3 is 10.5 Å². The molecule has 7 nitrogen and oxygen atoms in total. The monoisotopic (exact) mass is 490 g/mol. The number of hydrogen-bond donors (Lipinski definition) is 1. The van der Waals surface area contributed by atoms with Crippen LogP contribution in [0.25, 0.3) is 0 Å². The number of halogens is 1. The summed E-state index contributed by atoms with van der Waals surface area (Å²) in [4.78, 5) is 22.6. The Labute approximate surface area is 195 Å². The minimum absolute atomic E-state index is 0.156. The van der Waals surface area contributed by atoms with Crippen LogP contribution in [0.4, 0.5) is 10.1 Å². The lowest BCUT2D eigenvalue weighted by molar-refractivity contribution is 0.0487.